The Kier molecular flexibility index (Phi) is 5.95. The van der Waals surface area contributed by atoms with Crippen LogP contribution in [0.15, 0.2) is 67.0 Å². The van der Waals surface area contributed by atoms with Crippen LogP contribution in [0, 0.1) is 0 Å². The van der Waals surface area contributed by atoms with Gasteiger partial charge in [-0.05, 0) is 61.7 Å². The van der Waals surface area contributed by atoms with Gasteiger partial charge in [0.25, 0.3) is 0 Å². The lowest BCUT2D eigenvalue weighted by Gasteiger charge is -2.28. The van der Waals surface area contributed by atoms with Gasteiger partial charge in [-0.15, -0.1) is 0 Å². The average molecular weight is 378 g/mol. The van der Waals surface area contributed by atoms with Crippen LogP contribution in [0.5, 0.6) is 0 Å². The summed E-state index contributed by atoms with van der Waals surface area (Å²) in [5, 5.41) is 12.6. The Balaban J connectivity index is 1.84. The number of benzene rings is 2. The van der Waals surface area contributed by atoms with Crippen molar-refractivity contribution in [1.29, 1.82) is 0 Å². The maximum absolute atomic E-state index is 12.9. The molecule has 146 valence electrons. The number of aliphatic hydroxyl groups excluding tert-OH is 1. The molecule has 0 bridgehead atoms. The number of rotatable bonds is 5. The van der Waals surface area contributed by atoms with Crippen molar-refractivity contribution in [3.63, 3.8) is 0 Å². The van der Waals surface area contributed by atoms with E-state index in [9.17, 15) is 9.90 Å². The van der Waals surface area contributed by atoms with E-state index in [1.54, 1.807) is 23.4 Å². The van der Waals surface area contributed by atoms with Crippen molar-refractivity contribution >= 4 is 22.6 Å². The highest BCUT2D eigenvalue weighted by Gasteiger charge is 2.24. The molecule has 1 atom stereocenters. The maximum Gasteiger partial charge on any atom is 0.414 e. The minimum absolute atomic E-state index is 0.323. The van der Waals surface area contributed by atoms with Crippen molar-refractivity contribution in [2.75, 3.05) is 11.4 Å². The number of hydrogen-bond donors (Lipinski definition) is 1. The Hall–Kier alpha value is -2.92. The number of carbonyl (C=O) groups is 1. The van der Waals surface area contributed by atoms with E-state index in [1.807, 2.05) is 69.3 Å². The number of hydrogen-bond acceptors (Lipinski definition) is 4. The molecule has 0 radical (unpaired) electrons. The van der Waals surface area contributed by atoms with E-state index in [-0.39, 0.29) is 0 Å². The minimum atomic E-state index is -0.709. The standard InChI is InChI=1S/C23H26N2O3/c1-23(2,3)28-22(27)25(14-12-21(26)19-9-6-13-24-16-19)20-11-10-17-7-4-5-8-18(17)15-20/h4-11,13,15-16,21,26H,12,14H2,1-3H3. The van der Waals surface area contributed by atoms with Gasteiger partial charge in [0.15, 0.2) is 0 Å². The van der Waals surface area contributed by atoms with E-state index < -0.39 is 17.8 Å². The van der Waals surface area contributed by atoms with Gasteiger partial charge >= 0.3 is 6.09 Å². The Bertz CT molecular complexity index is 935. The van der Waals surface area contributed by atoms with Gasteiger partial charge in [-0.3, -0.25) is 9.88 Å². The molecule has 1 amide bonds. The largest absolute Gasteiger partial charge is 0.443 e. The average Bonchev–Trinajstić information content (AvgIpc) is 2.67. The molecule has 0 fully saturated rings. The topological polar surface area (TPSA) is 62.7 Å². The molecular formula is C23H26N2O3. The molecule has 0 aliphatic carbocycles. The third kappa shape index (κ3) is 5.08. The second-order valence-electron chi connectivity index (χ2n) is 7.75. The van der Waals surface area contributed by atoms with Gasteiger partial charge in [0.05, 0.1) is 6.10 Å². The molecule has 1 aromatic heterocycles. The molecule has 0 aliphatic rings. The summed E-state index contributed by atoms with van der Waals surface area (Å²) < 4.78 is 5.60. The Labute approximate surface area is 165 Å². The molecule has 3 rings (SSSR count). The molecule has 1 N–H and O–H groups in total. The van der Waals surface area contributed by atoms with Gasteiger partial charge in [-0.2, -0.15) is 0 Å². The SMILES string of the molecule is CC(C)(C)OC(=O)N(CCC(O)c1cccnc1)c1ccc2ccccc2c1. The molecule has 0 saturated heterocycles. The Morgan fingerprint density at radius 3 is 2.54 bits per heavy atom. The second-order valence-corrected chi connectivity index (χ2v) is 7.75. The van der Waals surface area contributed by atoms with E-state index in [2.05, 4.69) is 4.98 Å². The zero-order chi connectivity index (χ0) is 20.1. The number of ether oxygens (including phenoxy) is 1. The fourth-order valence-electron chi connectivity index (χ4n) is 2.98. The van der Waals surface area contributed by atoms with E-state index in [0.29, 0.717) is 13.0 Å². The molecule has 0 aliphatic heterocycles. The van der Waals surface area contributed by atoms with Crippen LogP contribution in [0.4, 0.5) is 10.5 Å². The van der Waals surface area contributed by atoms with Gasteiger partial charge in [0.1, 0.15) is 5.60 Å². The highest BCUT2D eigenvalue weighted by molar-refractivity contribution is 5.93. The number of amides is 1. The van der Waals surface area contributed by atoms with E-state index in [1.165, 1.54) is 0 Å². The van der Waals surface area contributed by atoms with Crippen LogP contribution in [-0.4, -0.2) is 28.3 Å². The number of aliphatic hydroxyl groups is 1. The number of pyridine rings is 1. The number of carbonyl (C=O) groups excluding carboxylic acids is 1. The summed E-state index contributed by atoms with van der Waals surface area (Å²) in [6.07, 6.45) is 2.54. The van der Waals surface area contributed by atoms with E-state index >= 15 is 0 Å². The van der Waals surface area contributed by atoms with E-state index in [4.69, 9.17) is 4.74 Å². The third-order valence-electron chi connectivity index (χ3n) is 4.35. The van der Waals surface area contributed by atoms with Crippen LogP contribution in [-0.2, 0) is 4.74 Å². The van der Waals surface area contributed by atoms with Crippen LogP contribution in [0.1, 0.15) is 38.9 Å². The van der Waals surface area contributed by atoms with Gasteiger partial charge in [0.2, 0.25) is 0 Å². The zero-order valence-electron chi connectivity index (χ0n) is 16.5. The molecule has 2 aromatic carbocycles. The lowest BCUT2D eigenvalue weighted by Crippen LogP contribution is -2.38. The lowest BCUT2D eigenvalue weighted by atomic mass is 10.1. The Morgan fingerprint density at radius 2 is 1.86 bits per heavy atom. The van der Waals surface area contributed by atoms with Crippen molar-refractivity contribution in [2.45, 2.75) is 38.9 Å². The molecule has 5 nitrogen and oxygen atoms in total. The number of aromatic nitrogens is 1. The third-order valence-corrected chi connectivity index (χ3v) is 4.35. The minimum Gasteiger partial charge on any atom is -0.443 e. The van der Waals surface area contributed by atoms with Crippen LogP contribution < -0.4 is 4.90 Å². The molecule has 3 aromatic rings. The fourth-order valence-corrected chi connectivity index (χ4v) is 2.98. The van der Waals surface area contributed by atoms with E-state index in [0.717, 1.165) is 22.0 Å². The van der Waals surface area contributed by atoms with Crippen molar-refractivity contribution in [2.24, 2.45) is 0 Å². The molecule has 5 heteroatoms. The zero-order valence-corrected chi connectivity index (χ0v) is 16.5. The molecule has 28 heavy (non-hydrogen) atoms. The van der Waals surface area contributed by atoms with Gasteiger partial charge < -0.3 is 9.84 Å². The highest BCUT2D eigenvalue weighted by Crippen LogP contribution is 2.25. The summed E-state index contributed by atoms with van der Waals surface area (Å²) in [5.74, 6) is 0. The molecule has 1 unspecified atom stereocenters. The van der Waals surface area contributed by atoms with Crippen molar-refractivity contribution < 1.29 is 14.6 Å². The van der Waals surface area contributed by atoms with Crippen LogP contribution in [0.2, 0.25) is 0 Å². The first-order chi connectivity index (χ1) is 13.3. The summed E-state index contributed by atoms with van der Waals surface area (Å²) in [5.41, 5.74) is 0.866. The summed E-state index contributed by atoms with van der Waals surface area (Å²) in [6, 6.07) is 17.5. The number of fused-ring (bicyclic) bond motifs is 1. The van der Waals surface area contributed by atoms with Gasteiger partial charge in [-0.1, -0.05) is 36.4 Å². The van der Waals surface area contributed by atoms with Crippen molar-refractivity contribution in [3.8, 4) is 0 Å². The summed E-state index contributed by atoms with van der Waals surface area (Å²) in [6.45, 7) is 5.85. The number of nitrogens with zero attached hydrogens (tertiary/aromatic N) is 2. The monoisotopic (exact) mass is 378 g/mol. The van der Waals surface area contributed by atoms with Crippen LogP contribution in [0.3, 0.4) is 0 Å². The Morgan fingerprint density at radius 1 is 1.11 bits per heavy atom. The first kappa shape index (κ1) is 19.8. The molecule has 0 spiro atoms. The van der Waals surface area contributed by atoms with Gasteiger partial charge in [-0.25, -0.2) is 4.79 Å². The van der Waals surface area contributed by atoms with Gasteiger partial charge in [0, 0.05) is 24.6 Å². The molecule has 0 saturated carbocycles. The lowest BCUT2D eigenvalue weighted by molar-refractivity contribution is 0.0574. The number of anilines is 1. The first-order valence-corrected chi connectivity index (χ1v) is 9.41. The molecule has 1 heterocycles. The van der Waals surface area contributed by atoms with Crippen molar-refractivity contribution in [3.05, 3.63) is 72.6 Å². The fraction of sp³-hybridized carbons (Fsp3) is 0.304. The predicted molar refractivity (Wildman–Crippen MR) is 111 cm³/mol. The quantitative estimate of drug-likeness (QED) is 0.671. The second kappa shape index (κ2) is 8.40. The summed E-state index contributed by atoms with van der Waals surface area (Å²) in [7, 11) is 0. The van der Waals surface area contributed by atoms with Crippen LogP contribution in [0.25, 0.3) is 10.8 Å². The van der Waals surface area contributed by atoms with Crippen molar-refractivity contribution in [1.82, 2.24) is 4.98 Å². The normalized spacial score (nSPS) is 12.6. The smallest absolute Gasteiger partial charge is 0.414 e. The first-order valence-electron chi connectivity index (χ1n) is 9.41. The summed E-state index contributed by atoms with van der Waals surface area (Å²) in [4.78, 5) is 18.5. The van der Waals surface area contributed by atoms with Crippen LogP contribution >= 0.6 is 0 Å². The highest BCUT2D eigenvalue weighted by atomic mass is 16.6. The molecular weight excluding hydrogens is 352 g/mol. The predicted octanol–water partition coefficient (Wildman–Crippen LogP) is 5.10. The summed E-state index contributed by atoms with van der Waals surface area (Å²) >= 11 is 0. The maximum atomic E-state index is 12.9.